The number of carbonyl (C=O) groups excluding carboxylic acids is 1. The summed E-state index contributed by atoms with van der Waals surface area (Å²) in [4.78, 5) is 13.6. The second-order valence-electron chi connectivity index (χ2n) is 5.27. The Morgan fingerprint density at radius 2 is 2.00 bits per heavy atom. The first-order chi connectivity index (χ1) is 10.2. The van der Waals surface area contributed by atoms with Crippen molar-refractivity contribution in [1.82, 2.24) is 0 Å². The van der Waals surface area contributed by atoms with Crippen LogP contribution in [0.2, 0.25) is 0 Å². The van der Waals surface area contributed by atoms with Gasteiger partial charge in [-0.3, -0.25) is 4.79 Å². The lowest BCUT2D eigenvalue weighted by Crippen LogP contribution is -2.13. The summed E-state index contributed by atoms with van der Waals surface area (Å²) < 4.78 is 5.71. The molecule has 0 aromatic heterocycles. The van der Waals surface area contributed by atoms with Crippen LogP contribution in [0, 0.1) is 6.92 Å². The van der Waals surface area contributed by atoms with Gasteiger partial charge in [-0.1, -0.05) is 29.8 Å². The van der Waals surface area contributed by atoms with E-state index < -0.39 is 0 Å². The molecule has 2 aromatic rings. The van der Waals surface area contributed by atoms with Crippen molar-refractivity contribution in [1.29, 1.82) is 0 Å². The number of rotatable bonds is 4. The zero-order valence-electron chi connectivity index (χ0n) is 12.1. The SMILES string of the molecule is Cc1ccc(SCC(=O)c2cccc3c2OCCC3)cc1. The Bertz CT molecular complexity index is 647. The third-order valence-electron chi connectivity index (χ3n) is 3.62. The fourth-order valence-corrected chi connectivity index (χ4v) is 3.25. The highest BCUT2D eigenvalue weighted by molar-refractivity contribution is 8.00. The van der Waals surface area contributed by atoms with Gasteiger partial charge in [-0.05, 0) is 43.5 Å². The molecule has 2 nitrogen and oxygen atoms in total. The predicted molar refractivity (Wildman–Crippen MR) is 86.5 cm³/mol. The molecule has 0 fully saturated rings. The number of hydrogen-bond donors (Lipinski definition) is 0. The van der Waals surface area contributed by atoms with Gasteiger partial charge in [0.25, 0.3) is 0 Å². The highest BCUT2D eigenvalue weighted by Gasteiger charge is 2.18. The number of ether oxygens (including phenoxy) is 1. The number of thioether (sulfide) groups is 1. The molecule has 0 N–H and O–H groups in total. The average Bonchev–Trinajstić information content (AvgIpc) is 2.53. The van der Waals surface area contributed by atoms with Crippen molar-refractivity contribution >= 4 is 17.5 Å². The Balaban J connectivity index is 1.72. The van der Waals surface area contributed by atoms with E-state index in [0.29, 0.717) is 12.4 Å². The zero-order valence-corrected chi connectivity index (χ0v) is 12.9. The van der Waals surface area contributed by atoms with Crippen molar-refractivity contribution in [3.05, 3.63) is 59.2 Å². The van der Waals surface area contributed by atoms with Crippen LogP contribution in [0.1, 0.15) is 27.9 Å². The maximum Gasteiger partial charge on any atom is 0.176 e. The van der Waals surface area contributed by atoms with E-state index in [1.54, 1.807) is 11.8 Å². The van der Waals surface area contributed by atoms with Gasteiger partial charge in [0.1, 0.15) is 5.75 Å². The summed E-state index contributed by atoms with van der Waals surface area (Å²) in [6, 6.07) is 14.1. The van der Waals surface area contributed by atoms with Gasteiger partial charge in [0, 0.05) is 4.90 Å². The molecule has 21 heavy (non-hydrogen) atoms. The van der Waals surface area contributed by atoms with Crippen LogP contribution < -0.4 is 4.74 Å². The third kappa shape index (κ3) is 3.30. The summed E-state index contributed by atoms with van der Waals surface area (Å²) in [7, 11) is 0. The van der Waals surface area contributed by atoms with Gasteiger partial charge in [-0.2, -0.15) is 0 Å². The third-order valence-corrected chi connectivity index (χ3v) is 4.64. The molecule has 0 saturated carbocycles. The molecule has 0 saturated heterocycles. The van der Waals surface area contributed by atoms with E-state index in [9.17, 15) is 4.79 Å². The molecule has 3 heteroatoms. The number of benzene rings is 2. The lowest BCUT2D eigenvalue weighted by Gasteiger charge is -2.19. The van der Waals surface area contributed by atoms with Crippen LogP contribution >= 0.6 is 11.8 Å². The zero-order chi connectivity index (χ0) is 14.7. The molecular weight excluding hydrogens is 280 g/mol. The first kappa shape index (κ1) is 14.2. The minimum Gasteiger partial charge on any atom is -0.493 e. The van der Waals surface area contributed by atoms with Crippen LogP contribution in [0.15, 0.2) is 47.4 Å². The van der Waals surface area contributed by atoms with E-state index in [4.69, 9.17) is 4.74 Å². The predicted octanol–water partition coefficient (Wildman–Crippen LogP) is 4.30. The van der Waals surface area contributed by atoms with E-state index in [0.717, 1.165) is 34.6 Å². The van der Waals surface area contributed by atoms with Crippen LogP contribution in [0.4, 0.5) is 0 Å². The van der Waals surface area contributed by atoms with E-state index >= 15 is 0 Å². The van der Waals surface area contributed by atoms with E-state index in [1.807, 2.05) is 12.1 Å². The number of ketones is 1. The Morgan fingerprint density at radius 1 is 1.19 bits per heavy atom. The number of para-hydroxylation sites is 1. The number of hydrogen-bond acceptors (Lipinski definition) is 3. The Morgan fingerprint density at radius 3 is 2.81 bits per heavy atom. The minimum absolute atomic E-state index is 0.138. The summed E-state index contributed by atoms with van der Waals surface area (Å²) in [6.45, 7) is 2.77. The standard InChI is InChI=1S/C18H18O2S/c1-13-7-9-15(10-8-13)21-12-17(19)16-6-2-4-14-5-3-11-20-18(14)16/h2,4,6-10H,3,5,11-12H2,1H3. The molecule has 2 aromatic carbocycles. The van der Waals surface area contributed by atoms with Gasteiger partial charge < -0.3 is 4.74 Å². The van der Waals surface area contributed by atoms with Crippen LogP contribution in [-0.4, -0.2) is 18.1 Å². The Hall–Kier alpha value is -1.74. The van der Waals surface area contributed by atoms with Gasteiger partial charge in [-0.15, -0.1) is 11.8 Å². The molecule has 0 aliphatic carbocycles. The maximum absolute atomic E-state index is 12.5. The van der Waals surface area contributed by atoms with E-state index in [-0.39, 0.29) is 5.78 Å². The summed E-state index contributed by atoms with van der Waals surface area (Å²) in [5, 5.41) is 0. The smallest absolute Gasteiger partial charge is 0.176 e. The van der Waals surface area contributed by atoms with Crippen molar-refractivity contribution in [3.63, 3.8) is 0 Å². The summed E-state index contributed by atoms with van der Waals surface area (Å²) in [5.74, 6) is 1.39. The fourth-order valence-electron chi connectivity index (χ4n) is 2.47. The molecule has 1 heterocycles. The molecule has 1 aliphatic heterocycles. The molecule has 0 bridgehead atoms. The van der Waals surface area contributed by atoms with Crippen molar-refractivity contribution in [2.45, 2.75) is 24.7 Å². The van der Waals surface area contributed by atoms with Gasteiger partial charge >= 0.3 is 0 Å². The molecule has 108 valence electrons. The molecule has 0 atom stereocenters. The van der Waals surface area contributed by atoms with Crippen molar-refractivity contribution in [3.8, 4) is 5.75 Å². The fraction of sp³-hybridized carbons (Fsp3) is 0.278. The molecule has 0 spiro atoms. The summed E-state index contributed by atoms with van der Waals surface area (Å²) in [6.07, 6.45) is 2.03. The lowest BCUT2D eigenvalue weighted by molar-refractivity contribution is 0.101. The summed E-state index contributed by atoms with van der Waals surface area (Å²) in [5.41, 5.74) is 3.12. The van der Waals surface area contributed by atoms with Crippen LogP contribution in [0.25, 0.3) is 0 Å². The second kappa shape index (κ2) is 6.35. The van der Waals surface area contributed by atoms with Crippen molar-refractivity contribution < 1.29 is 9.53 Å². The molecule has 0 amide bonds. The highest BCUT2D eigenvalue weighted by Crippen LogP contribution is 2.30. The van der Waals surface area contributed by atoms with Crippen LogP contribution in [0.3, 0.4) is 0 Å². The van der Waals surface area contributed by atoms with Crippen molar-refractivity contribution in [2.75, 3.05) is 12.4 Å². The lowest BCUT2D eigenvalue weighted by atomic mass is 10.0. The molecule has 3 rings (SSSR count). The van der Waals surface area contributed by atoms with Crippen LogP contribution in [0.5, 0.6) is 5.75 Å². The second-order valence-corrected chi connectivity index (χ2v) is 6.32. The van der Waals surface area contributed by atoms with Gasteiger partial charge in [0.2, 0.25) is 0 Å². The quantitative estimate of drug-likeness (QED) is 0.622. The number of fused-ring (bicyclic) bond motifs is 1. The topological polar surface area (TPSA) is 26.3 Å². The van der Waals surface area contributed by atoms with E-state index in [2.05, 4.69) is 37.3 Å². The molecule has 0 unspecified atom stereocenters. The molecule has 1 aliphatic rings. The minimum atomic E-state index is 0.138. The maximum atomic E-state index is 12.5. The van der Waals surface area contributed by atoms with E-state index in [1.165, 1.54) is 5.56 Å². The number of Topliss-reactive ketones (excluding diaryl/α,β-unsaturated/α-hetero) is 1. The number of aryl methyl sites for hydroxylation is 2. The van der Waals surface area contributed by atoms with Crippen molar-refractivity contribution in [2.24, 2.45) is 0 Å². The summed E-state index contributed by atoms with van der Waals surface area (Å²) >= 11 is 1.58. The monoisotopic (exact) mass is 298 g/mol. The molecular formula is C18H18O2S. The Labute approximate surface area is 129 Å². The van der Waals surface area contributed by atoms with Crippen LogP contribution in [-0.2, 0) is 6.42 Å². The van der Waals surface area contributed by atoms with Gasteiger partial charge in [0.05, 0.1) is 17.9 Å². The average molecular weight is 298 g/mol. The first-order valence-electron chi connectivity index (χ1n) is 7.21. The largest absolute Gasteiger partial charge is 0.493 e. The highest BCUT2D eigenvalue weighted by atomic mass is 32.2. The molecule has 0 radical (unpaired) electrons. The Kier molecular flexibility index (Phi) is 4.30. The van der Waals surface area contributed by atoms with Gasteiger partial charge in [0.15, 0.2) is 5.78 Å². The number of carbonyl (C=O) groups is 1. The normalized spacial score (nSPS) is 13.4. The first-order valence-corrected chi connectivity index (χ1v) is 8.20. The van der Waals surface area contributed by atoms with Gasteiger partial charge in [-0.25, -0.2) is 0 Å².